The van der Waals surface area contributed by atoms with Crippen molar-refractivity contribution in [2.45, 2.75) is 25.8 Å². The van der Waals surface area contributed by atoms with Crippen LogP contribution in [0.5, 0.6) is 0 Å². The van der Waals surface area contributed by atoms with E-state index in [9.17, 15) is 4.79 Å². The third-order valence-corrected chi connectivity index (χ3v) is 3.47. The van der Waals surface area contributed by atoms with E-state index in [1.165, 1.54) is 0 Å². The van der Waals surface area contributed by atoms with Crippen molar-refractivity contribution < 1.29 is 14.6 Å². The quantitative estimate of drug-likeness (QED) is 0.635. The smallest absolute Gasteiger partial charge is 0.320 e. The first-order valence-corrected chi connectivity index (χ1v) is 6.31. The molecule has 0 spiro atoms. The standard InChI is InChI=1S/C12H24N2O3/c1-10(12(15)16)14-6-3-11(4-7-14)9-13-5-8-17-2/h10-11,13H,3-9H2,1-2H3,(H,15,16). The van der Waals surface area contributed by atoms with E-state index in [4.69, 9.17) is 9.84 Å². The van der Waals surface area contributed by atoms with Crippen LogP contribution in [0.25, 0.3) is 0 Å². The number of ether oxygens (including phenoxy) is 1. The summed E-state index contributed by atoms with van der Waals surface area (Å²) in [5.41, 5.74) is 0. The molecular weight excluding hydrogens is 220 g/mol. The number of carboxylic acids is 1. The molecule has 17 heavy (non-hydrogen) atoms. The summed E-state index contributed by atoms with van der Waals surface area (Å²) in [7, 11) is 1.70. The molecule has 0 bridgehead atoms. The number of hydrogen-bond acceptors (Lipinski definition) is 4. The number of hydrogen-bond donors (Lipinski definition) is 2. The fourth-order valence-electron chi connectivity index (χ4n) is 2.18. The summed E-state index contributed by atoms with van der Waals surface area (Å²) in [6.45, 7) is 6.20. The van der Waals surface area contributed by atoms with E-state index < -0.39 is 5.97 Å². The van der Waals surface area contributed by atoms with Gasteiger partial charge in [-0.25, -0.2) is 0 Å². The second-order valence-corrected chi connectivity index (χ2v) is 4.69. The first-order chi connectivity index (χ1) is 8.15. The second-order valence-electron chi connectivity index (χ2n) is 4.69. The molecule has 0 aromatic heterocycles. The van der Waals surface area contributed by atoms with E-state index in [1.54, 1.807) is 14.0 Å². The Kier molecular flexibility index (Phi) is 6.47. The molecule has 1 fully saturated rings. The van der Waals surface area contributed by atoms with E-state index in [0.29, 0.717) is 5.92 Å². The Bertz CT molecular complexity index is 228. The lowest BCUT2D eigenvalue weighted by atomic mass is 9.96. The lowest BCUT2D eigenvalue weighted by Crippen LogP contribution is -2.45. The summed E-state index contributed by atoms with van der Waals surface area (Å²) >= 11 is 0. The average Bonchev–Trinajstić information content (AvgIpc) is 2.34. The van der Waals surface area contributed by atoms with Crippen LogP contribution in [-0.4, -0.2) is 61.9 Å². The van der Waals surface area contributed by atoms with Gasteiger partial charge in [0.05, 0.1) is 6.61 Å². The van der Waals surface area contributed by atoms with Gasteiger partial charge in [-0.3, -0.25) is 9.69 Å². The zero-order valence-corrected chi connectivity index (χ0v) is 10.8. The normalized spacial score (nSPS) is 20.4. The third-order valence-electron chi connectivity index (χ3n) is 3.47. The van der Waals surface area contributed by atoms with E-state index in [1.807, 2.05) is 4.90 Å². The molecule has 0 saturated carbocycles. The van der Waals surface area contributed by atoms with Crippen LogP contribution in [0.1, 0.15) is 19.8 Å². The predicted molar refractivity (Wildman–Crippen MR) is 66.1 cm³/mol. The van der Waals surface area contributed by atoms with Crippen LogP contribution in [-0.2, 0) is 9.53 Å². The van der Waals surface area contributed by atoms with Crippen molar-refractivity contribution in [3.8, 4) is 0 Å². The Balaban J connectivity index is 2.15. The molecule has 1 heterocycles. The number of rotatable bonds is 7. The van der Waals surface area contributed by atoms with Gasteiger partial charge in [0, 0.05) is 13.7 Å². The van der Waals surface area contributed by atoms with Crippen LogP contribution >= 0.6 is 0 Å². The molecule has 1 aliphatic rings. The molecule has 2 N–H and O–H groups in total. The number of nitrogens with zero attached hydrogens (tertiary/aromatic N) is 1. The van der Waals surface area contributed by atoms with Crippen LogP contribution in [0.4, 0.5) is 0 Å². The van der Waals surface area contributed by atoms with Crippen molar-refractivity contribution in [2.75, 3.05) is 39.9 Å². The van der Waals surface area contributed by atoms with Gasteiger partial charge < -0.3 is 15.2 Å². The second kappa shape index (κ2) is 7.63. The average molecular weight is 244 g/mol. The SMILES string of the molecule is COCCNCC1CCN(C(C)C(=O)O)CC1. The van der Waals surface area contributed by atoms with Gasteiger partial charge in [0.25, 0.3) is 0 Å². The van der Waals surface area contributed by atoms with Crippen LogP contribution in [0.3, 0.4) is 0 Å². The molecule has 0 radical (unpaired) electrons. The molecule has 5 heteroatoms. The van der Waals surface area contributed by atoms with Crippen molar-refractivity contribution in [1.29, 1.82) is 0 Å². The summed E-state index contributed by atoms with van der Waals surface area (Å²) in [5, 5.41) is 12.3. The lowest BCUT2D eigenvalue weighted by molar-refractivity contribution is -0.143. The van der Waals surface area contributed by atoms with Crippen molar-refractivity contribution >= 4 is 5.97 Å². The molecule has 1 rings (SSSR count). The zero-order valence-electron chi connectivity index (χ0n) is 10.8. The van der Waals surface area contributed by atoms with Crippen LogP contribution in [0.15, 0.2) is 0 Å². The van der Waals surface area contributed by atoms with Gasteiger partial charge in [-0.2, -0.15) is 0 Å². The molecule has 5 nitrogen and oxygen atoms in total. The molecular formula is C12H24N2O3. The maximum atomic E-state index is 10.9. The number of piperidine rings is 1. The Hall–Kier alpha value is -0.650. The number of nitrogens with one attached hydrogen (secondary N) is 1. The molecule has 1 aliphatic heterocycles. The van der Waals surface area contributed by atoms with Gasteiger partial charge in [-0.1, -0.05) is 0 Å². The minimum Gasteiger partial charge on any atom is -0.480 e. The minimum absolute atomic E-state index is 0.350. The van der Waals surface area contributed by atoms with E-state index >= 15 is 0 Å². The number of methoxy groups -OCH3 is 1. The first kappa shape index (κ1) is 14.4. The maximum absolute atomic E-state index is 10.9. The Morgan fingerprint density at radius 2 is 2.18 bits per heavy atom. The molecule has 100 valence electrons. The van der Waals surface area contributed by atoms with Crippen molar-refractivity contribution in [2.24, 2.45) is 5.92 Å². The summed E-state index contributed by atoms with van der Waals surface area (Å²) < 4.78 is 4.97. The van der Waals surface area contributed by atoms with Crippen LogP contribution in [0.2, 0.25) is 0 Å². The largest absolute Gasteiger partial charge is 0.480 e. The van der Waals surface area contributed by atoms with Crippen molar-refractivity contribution in [3.63, 3.8) is 0 Å². The number of carbonyl (C=O) groups is 1. The number of aliphatic carboxylic acids is 1. The highest BCUT2D eigenvalue weighted by Crippen LogP contribution is 2.18. The summed E-state index contributed by atoms with van der Waals surface area (Å²) in [4.78, 5) is 12.9. The predicted octanol–water partition coefficient (Wildman–Crippen LogP) is 0.408. The van der Waals surface area contributed by atoms with Gasteiger partial charge in [0.1, 0.15) is 6.04 Å². The Morgan fingerprint density at radius 3 is 2.71 bits per heavy atom. The van der Waals surface area contributed by atoms with E-state index in [-0.39, 0.29) is 6.04 Å². The molecule has 1 saturated heterocycles. The summed E-state index contributed by atoms with van der Waals surface area (Å²) in [6.07, 6.45) is 2.16. The molecule has 0 aromatic rings. The van der Waals surface area contributed by atoms with Gasteiger partial charge in [-0.15, -0.1) is 0 Å². The first-order valence-electron chi connectivity index (χ1n) is 6.31. The Morgan fingerprint density at radius 1 is 1.53 bits per heavy atom. The molecule has 1 atom stereocenters. The number of likely N-dealkylation sites (tertiary alicyclic amines) is 1. The lowest BCUT2D eigenvalue weighted by Gasteiger charge is -2.34. The van der Waals surface area contributed by atoms with E-state index in [0.717, 1.165) is 45.6 Å². The van der Waals surface area contributed by atoms with Crippen molar-refractivity contribution in [1.82, 2.24) is 10.2 Å². The van der Waals surface area contributed by atoms with Gasteiger partial charge in [-0.05, 0) is 45.3 Å². The fourth-order valence-corrected chi connectivity index (χ4v) is 2.18. The molecule has 1 unspecified atom stereocenters. The highest BCUT2D eigenvalue weighted by Gasteiger charge is 2.25. The van der Waals surface area contributed by atoms with Gasteiger partial charge >= 0.3 is 5.97 Å². The maximum Gasteiger partial charge on any atom is 0.320 e. The van der Waals surface area contributed by atoms with Crippen LogP contribution < -0.4 is 5.32 Å². The molecule has 0 aromatic carbocycles. The number of carboxylic acid groups (broad SMARTS) is 1. The van der Waals surface area contributed by atoms with E-state index in [2.05, 4.69) is 5.32 Å². The zero-order chi connectivity index (χ0) is 12.7. The van der Waals surface area contributed by atoms with Gasteiger partial charge in [0.2, 0.25) is 0 Å². The Labute approximate surface area is 103 Å². The fraction of sp³-hybridized carbons (Fsp3) is 0.917. The third kappa shape index (κ3) is 5.02. The van der Waals surface area contributed by atoms with Gasteiger partial charge in [0.15, 0.2) is 0 Å². The topological polar surface area (TPSA) is 61.8 Å². The highest BCUT2D eigenvalue weighted by atomic mass is 16.5. The molecule has 0 aliphatic carbocycles. The summed E-state index contributed by atoms with van der Waals surface area (Å²) in [6, 6.07) is -0.350. The van der Waals surface area contributed by atoms with Crippen molar-refractivity contribution in [3.05, 3.63) is 0 Å². The highest BCUT2D eigenvalue weighted by molar-refractivity contribution is 5.72. The summed E-state index contributed by atoms with van der Waals surface area (Å²) in [5.74, 6) is -0.0502. The van der Waals surface area contributed by atoms with Crippen LogP contribution in [0, 0.1) is 5.92 Å². The minimum atomic E-state index is -0.721. The monoisotopic (exact) mass is 244 g/mol. The molecule has 0 amide bonds.